The van der Waals surface area contributed by atoms with Gasteiger partial charge >= 0.3 is 0 Å². The summed E-state index contributed by atoms with van der Waals surface area (Å²) in [6.07, 6.45) is 4.18. The minimum Gasteiger partial charge on any atom is -0.465 e. The first-order valence-corrected chi connectivity index (χ1v) is 7.16. The highest BCUT2D eigenvalue weighted by atomic mass is 32.2. The van der Waals surface area contributed by atoms with E-state index in [1.54, 1.807) is 18.2 Å². The van der Waals surface area contributed by atoms with Crippen molar-refractivity contribution in [2.75, 3.05) is 5.32 Å². The molecule has 0 spiro atoms. The van der Waals surface area contributed by atoms with E-state index in [1.165, 1.54) is 36.6 Å². The van der Waals surface area contributed by atoms with Gasteiger partial charge in [-0.1, -0.05) is 12.1 Å². The predicted molar refractivity (Wildman–Crippen MR) is 74.2 cm³/mol. The molecule has 3 N–H and O–H groups in total. The number of hydrogen-bond donors (Lipinski definition) is 2. The molecule has 1 aromatic carbocycles. The highest BCUT2D eigenvalue weighted by molar-refractivity contribution is 7.89. The van der Waals surface area contributed by atoms with Crippen LogP contribution in [0.2, 0.25) is 0 Å². The van der Waals surface area contributed by atoms with Crippen molar-refractivity contribution in [2.24, 2.45) is 5.14 Å². The quantitative estimate of drug-likeness (QED) is 0.835. The first-order chi connectivity index (χ1) is 9.47. The van der Waals surface area contributed by atoms with Crippen molar-refractivity contribution in [1.29, 1.82) is 0 Å². The first-order valence-electron chi connectivity index (χ1n) is 5.61. The molecule has 0 saturated heterocycles. The van der Waals surface area contributed by atoms with E-state index in [2.05, 4.69) is 5.32 Å². The molecular formula is C13H12N2O4S. The third-order valence-corrected chi connectivity index (χ3v) is 3.36. The van der Waals surface area contributed by atoms with Gasteiger partial charge in [0.2, 0.25) is 15.9 Å². The van der Waals surface area contributed by atoms with Crippen LogP contribution in [-0.4, -0.2) is 14.3 Å². The molecule has 2 rings (SSSR count). The zero-order chi connectivity index (χ0) is 14.6. The number of sulfonamides is 1. The molecule has 0 radical (unpaired) electrons. The van der Waals surface area contributed by atoms with Gasteiger partial charge in [0.1, 0.15) is 10.7 Å². The molecule has 0 saturated carbocycles. The number of carbonyl (C=O) groups excluding carboxylic acids is 1. The largest absolute Gasteiger partial charge is 0.465 e. The van der Waals surface area contributed by atoms with Crippen molar-refractivity contribution < 1.29 is 17.6 Å². The number of benzene rings is 1. The second kappa shape index (κ2) is 5.72. The monoisotopic (exact) mass is 292 g/mol. The Labute approximate surface area is 116 Å². The second-order valence-electron chi connectivity index (χ2n) is 3.88. The maximum Gasteiger partial charge on any atom is 0.248 e. The Morgan fingerprint density at radius 1 is 1.20 bits per heavy atom. The van der Waals surface area contributed by atoms with Crippen molar-refractivity contribution >= 4 is 27.7 Å². The molecule has 2 aromatic rings. The van der Waals surface area contributed by atoms with Gasteiger partial charge in [-0.3, -0.25) is 4.79 Å². The number of rotatable bonds is 4. The maximum atomic E-state index is 11.7. The number of hydrogen-bond acceptors (Lipinski definition) is 4. The summed E-state index contributed by atoms with van der Waals surface area (Å²) in [4.78, 5) is 11.6. The van der Waals surface area contributed by atoms with Gasteiger partial charge in [-0.25, -0.2) is 13.6 Å². The molecule has 0 aliphatic heterocycles. The number of amides is 1. The Kier molecular flexibility index (Phi) is 4.02. The molecule has 0 unspecified atom stereocenters. The van der Waals surface area contributed by atoms with Crippen molar-refractivity contribution in [3.63, 3.8) is 0 Å². The fourth-order valence-corrected chi connectivity index (χ4v) is 2.23. The Morgan fingerprint density at radius 2 is 1.95 bits per heavy atom. The Hall–Kier alpha value is -2.38. The molecule has 6 nitrogen and oxygen atoms in total. The summed E-state index contributed by atoms with van der Waals surface area (Å²) in [5, 5.41) is 7.53. The maximum absolute atomic E-state index is 11.7. The van der Waals surface area contributed by atoms with Crippen LogP contribution in [0.3, 0.4) is 0 Å². The summed E-state index contributed by atoms with van der Waals surface area (Å²) in [6, 6.07) is 9.27. The van der Waals surface area contributed by atoms with E-state index >= 15 is 0 Å². The number of furan rings is 1. The summed E-state index contributed by atoms with van der Waals surface area (Å²) in [5.41, 5.74) is 0.129. The van der Waals surface area contributed by atoms with Gasteiger partial charge in [0.05, 0.1) is 12.0 Å². The average Bonchev–Trinajstić information content (AvgIpc) is 2.89. The second-order valence-corrected chi connectivity index (χ2v) is 5.41. The van der Waals surface area contributed by atoms with Gasteiger partial charge in [-0.15, -0.1) is 0 Å². The van der Waals surface area contributed by atoms with E-state index in [-0.39, 0.29) is 10.6 Å². The van der Waals surface area contributed by atoms with Gasteiger partial charge < -0.3 is 9.73 Å². The molecule has 1 aromatic heterocycles. The van der Waals surface area contributed by atoms with Crippen LogP contribution in [0.4, 0.5) is 5.69 Å². The number of primary sulfonamides is 1. The molecular weight excluding hydrogens is 280 g/mol. The molecule has 1 amide bonds. The van der Waals surface area contributed by atoms with E-state index in [0.29, 0.717) is 5.76 Å². The Balaban J connectivity index is 2.17. The van der Waals surface area contributed by atoms with Gasteiger partial charge in [0, 0.05) is 6.08 Å². The van der Waals surface area contributed by atoms with Crippen molar-refractivity contribution in [3.8, 4) is 0 Å². The van der Waals surface area contributed by atoms with Crippen LogP contribution in [-0.2, 0) is 14.8 Å². The van der Waals surface area contributed by atoms with Gasteiger partial charge in [0.25, 0.3) is 0 Å². The van der Waals surface area contributed by atoms with E-state index in [0.717, 1.165) is 0 Å². The molecule has 7 heteroatoms. The summed E-state index contributed by atoms with van der Waals surface area (Å²) < 4.78 is 27.8. The summed E-state index contributed by atoms with van der Waals surface area (Å²) >= 11 is 0. The lowest BCUT2D eigenvalue weighted by molar-refractivity contribution is -0.111. The molecule has 0 fully saturated rings. The van der Waals surface area contributed by atoms with Crippen molar-refractivity contribution in [3.05, 3.63) is 54.5 Å². The summed E-state index contributed by atoms with van der Waals surface area (Å²) in [5.74, 6) is 0.0254. The van der Waals surface area contributed by atoms with Gasteiger partial charge in [-0.2, -0.15) is 0 Å². The average molecular weight is 292 g/mol. The fraction of sp³-hybridized carbons (Fsp3) is 0. The summed E-state index contributed by atoms with van der Waals surface area (Å²) in [7, 11) is -3.89. The molecule has 20 heavy (non-hydrogen) atoms. The molecule has 104 valence electrons. The van der Waals surface area contributed by atoms with E-state index in [1.807, 2.05) is 0 Å². The topological polar surface area (TPSA) is 102 Å². The number of carbonyl (C=O) groups is 1. The zero-order valence-electron chi connectivity index (χ0n) is 10.3. The minimum absolute atomic E-state index is 0.129. The van der Waals surface area contributed by atoms with Crippen LogP contribution in [0.15, 0.2) is 58.1 Å². The smallest absolute Gasteiger partial charge is 0.248 e. The van der Waals surface area contributed by atoms with Crippen LogP contribution in [0.5, 0.6) is 0 Å². The van der Waals surface area contributed by atoms with Crippen molar-refractivity contribution in [1.82, 2.24) is 0 Å². The lowest BCUT2D eigenvalue weighted by Crippen LogP contribution is -2.17. The molecule has 1 heterocycles. The SMILES string of the molecule is NS(=O)(=O)c1ccccc1NC(=O)/C=C/c1ccco1. The number of nitrogens with two attached hydrogens (primary N) is 1. The Morgan fingerprint density at radius 3 is 2.60 bits per heavy atom. The molecule has 0 aliphatic carbocycles. The lowest BCUT2D eigenvalue weighted by Gasteiger charge is -2.07. The third kappa shape index (κ3) is 3.56. The first kappa shape index (κ1) is 14.0. The highest BCUT2D eigenvalue weighted by Crippen LogP contribution is 2.19. The molecule has 0 aliphatic rings. The number of anilines is 1. The van der Waals surface area contributed by atoms with Gasteiger partial charge in [-0.05, 0) is 30.3 Å². The number of nitrogens with one attached hydrogen (secondary N) is 1. The van der Waals surface area contributed by atoms with Crippen LogP contribution < -0.4 is 10.5 Å². The zero-order valence-corrected chi connectivity index (χ0v) is 11.1. The van der Waals surface area contributed by atoms with Crippen LogP contribution in [0.1, 0.15) is 5.76 Å². The van der Waals surface area contributed by atoms with Crippen LogP contribution in [0, 0.1) is 0 Å². The molecule has 0 atom stereocenters. The van der Waals surface area contributed by atoms with E-state index in [4.69, 9.17) is 9.56 Å². The minimum atomic E-state index is -3.89. The van der Waals surface area contributed by atoms with E-state index < -0.39 is 15.9 Å². The van der Waals surface area contributed by atoms with Crippen LogP contribution in [0.25, 0.3) is 6.08 Å². The number of para-hydroxylation sites is 1. The third-order valence-electron chi connectivity index (χ3n) is 2.39. The summed E-state index contributed by atoms with van der Waals surface area (Å²) in [6.45, 7) is 0. The fourth-order valence-electron chi connectivity index (χ4n) is 1.54. The predicted octanol–water partition coefficient (Wildman–Crippen LogP) is 1.58. The molecule has 0 bridgehead atoms. The normalized spacial score (nSPS) is 11.7. The van der Waals surface area contributed by atoms with Gasteiger partial charge in [0.15, 0.2) is 0 Å². The standard InChI is InChI=1S/C13H12N2O4S/c14-20(17,18)12-6-2-1-5-11(12)15-13(16)8-7-10-4-3-9-19-10/h1-9H,(H,15,16)(H2,14,17,18)/b8-7+. The Bertz CT molecular complexity index is 733. The van der Waals surface area contributed by atoms with E-state index in [9.17, 15) is 13.2 Å². The van der Waals surface area contributed by atoms with Crippen LogP contribution >= 0.6 is 0 Å². The van der Waals surface area contributed by atoms with Crippen molar-refractivity contribution in [2.45, 2.75) is 4.90 Å². The lowest BCUT2D eigenvalue weighted by atomic mass is 10.3. The highest BCUT2D eigenvalue weighted by Gasteiger charge is 2.13.